The van der Waals surface area contributed by atoms with Gasteiger partial charge in [0, 0.05) is 25.9 Å². The molecule has 4 rings (SSSR count). The first-order valence-corrected chi connectivity index (χ1v) is 9.67. The van der Waals surface area contributed by atoms with Crippen molar-refractivity contribution in [3.05, 3.63) is 0 Å². The highest BCUT2D eigenvalue weighted by molar-refractivity contribution is 5.66. The fourth-order valence-electron chi connectivity index (χ4n) is 7.20. The van der Waals surface area contributed by atoms with Gasteiger partial charge in [-0.15, -0.1) is 0 Å². The van der Waals surface area contributed by atoms with Crippen LogP contribution in [0.3, 0.4) is 0 Å². The Hall–Kier alpha value is -0.610. The monoisotopic (exact) mass is 336 g/mol. The van der Waals surface area contributed by atoms with Crippen LogP contribution in [0.1, 0.15) is 72.1 Å². The molecule has 0 spiro atoms. The van der Waals surface area contributed by atoms with Crippen molar-refractivity contribution >= 4 is 5.97 Å². The molecule has 4 aliphatic rings. The topological polar surface area (TPSA) is 48.1 Å². The predicted octanol–water partition coefficient (Wildman–Crippen LogP) is 3.86. The van der Waals surface area contributed by atoms with Gasteiger partial charge in [-0.05, 0) is 49.9 Å². The van der Waals surface area contributed by atoms with Gasteiger partial charge in [0.05, 0.1) is 12.2 Å². The van der Waals surface area contributed by atoms with E-state index < -0.39 is 0 Å². The van der Waals surface area contributed by atoms with Crippen LogP contribution in [0.15, 0.2) is 0 Å². The van der Waals surface area contributed by atoms with Crippen LogP contribution in [0.25, 0.3) is 0 Å². The van der Waals surface area contributed by atoms with Crippen molar-refractivity contribution in [3.8, 4) is 0 Å². The fourth-order valence-corrected chi connectivity index (χ4v) is 7.20. The van der Waals surface area contributed by atoms with Crippen molar-refractivity contribution < 1.29 is 19.0 Å². The Labute approximate surface area is 145 Å². The van der Waals surface area contributed by atoms with Crippen LogP contribution in [-0.4, -0.2) is 37.0 Å². The number of epoxide rings is 1. The summed E-state index contributed by atoms with van der Waals surface area (Å²) in [5.74, 6) is 0.473. The van der Waals surface area contributed by atoms with Crippen molar-refractivity contribution in [2.24, 2.45) is 16.7 Å². The summed E-state index contributed by atoms with van der Waals surface area (Å²) in [5.41, 5.74) is 0.412. The van der Waals surface area contributed by atoms with E-state index >= 15 is 0 Å². The zero-order chi connectivity index (χ0) is 17.2. The molecule has 0 amide bonds. The smallest absolute Gasteiger partial charge is 0.302 e. The summed E-state index contributed by atoms with van der Waals surface area (Å²) in [6.45, 7) is 7.23. The van der Waals surface area contributed by atoms with E-state index in [-0.39, 0.29) is 34.1 Å². The van der Waals surface area contributed by atoms with E-state index in [1.54, 1.807) is 0 Å². The molecular formula is C20H32O4. The fraction of sp³-hybridized carbons (Fsp3) is 0.950. The van der Waals surface area contributed by atoms with Gasteiger partial charge in [0.1, 0.15) is 11.7 Å². The van der Waals surface area contributed by atoms with Crippen LogP contribution in [0.4, 0.5) is 0 Å². The molecule has 0 radical (unpaired) electrons. The molecule has 1 aliphatic heterocycles. The summed E-state index contributed by atoms with van der Waals surface area (Å²) in [5, 5.41) is 0. The predicted molar refractivity (Wildman–Crippen MR) is 90.6 cm³/mol. The lowest BCUT2D eigenvalue weighted by molar-refractivity contribution is -0.154. The molecule has 6 unspecified atom stereocenters. The Morgan fingerprint density at radius 3 is 2.62 bits per heavy atom. The number of carbonyl (C=O) groups excluding carboxylic acids is 1. The van der Waals surface area contributed by atoms with Crippen molar-refractivity contribution in [2.45, 2.75) is 89.4 Å². The van der Waals surface area contributed by atoms with Gasteiger partial charge in [0.25, 0.3) is 0 Å². The van der Waals surface area contributed by atoms with E-state index in [1.165, 1.54) is 39.0 Å². The second kappa shape index (κ2) is 5.20. The number of methoxy groups -OCH3 is 1. The van der Waals surface area contributed by atoms with Gasteiger partial charge in [0.2, 0.25) is 0 Å². The average Bonchev–Trinajstić information content (AvgIpc) is 3.17. The lowest BCUT2D eigenvalue weighted by atomic mass is 9.44. The van der Waals surface area contributed by atoms with Crippen LogP contribution in [-0.2, 0) is 19.0 Å². The number of fused-ring (bicyclic) bond motifs is 1. The summed E-state index contributed by atoms with van der Waals surface area (Å²) in [7, 11) is 1.83. The Bertz CT molecular complexity index is 544. The molecule has 1 heterocycles. The highest BCUT2D eigenvalue weighted by Gasteiger charge is 2.82. The van der Waals surface area contributed by atoms with Crippen LogP contribution in [0.2, 0.25) is 0 Å². The second-order valence-corrected chi connectivity index (χ2v) is 9.35. The van der Waals surface area contributed by atoms with Gasteiger partial charge >= 0.3 is 5.97 Å². The van der Waals surface area contributed by atoms with E-state index in [1.807, 2.05) is 7.11 Å². The Morgan fingerprint density at radius 1 is 1.17 bits per heavy atom. The molecule has 4 fully saturated rings. The summed E-state index contributed by atoms with van der Waals surface area (Å²) < 4.78 is 17.9. The maximum Gasteiger partial charge on any atom is 0.302 e. The molecule has 0 bridgehead atoms. The van der Waals surface area contributed by atoms with Crippen molar-refractivity contribution in [1.82, 2.24) is 0 Å². The molecule has 136 valence electrons. The zero-order valence-electron chi connectivity index (χ0n) is 15.7. The standard InChI is InChI=1S/C20H32O4/c1-14(21)23-15-6-10-19-11-7-16-17(2,13-22-4)8-5-9-18(16,3)20(19,12-15)24-19/h15-16H,5-13H2,1-4H3. The van der Waals surface area contributed by atoms with Crippen LogP contribution in [0, 0.1) is 16.7 Å². The van der Waals surface area contributed by atoms with Crippen LogP contribution >= 0.6 is 0 Å². The molecule has 24 heavy (non-hydrogen) atoms. The molecule has 0 aromatic heterocycles. The molecule has 0 aromatic rings. The summed E-state index contributed by atoms with van der Waals surface area (Å²) >= 11 is 0. The SMILES string of the molecule is COCC1(C)CCCC2(C)C1CCC13CCC(OC(C)=O)CC12O3. The van der Waals surface area contributed by atoms with Crippen molar-refractivity contribution in [1.29, 1.82) is 0 Å². The average molecular weight is 336 g/mol. The molecule has 3 saturated carbocycles. The van der Waals surface area contributed by atoms with Crippen molar-refractivity contribution in [3.63, 3.8) is 0 Å². The van der Waals surface area contributed by atoms with Crippen molar-refractivity contribution in [2.75, 3.05) is 13.7 Å². The van der Waals surface area contributed by atoms with Gasteiger partial charge in [-0.1, -0.05) is 20.3 Å². The molecule has 0 aromatic carbocycles. The Kier molecular flexibility index (Phi) is 3.65. The third-order valence-corrected chi connectivity index (χ3v) is 8.07. The van der Waals surface area contributed by atoms with E-state index in [2.05, 4.69) is 13.8 Å². The first-order valence-electron chi connectivity index (χ1n) is 9.67. The maximum absolute atomic E-state index is 11.5. The molecule has 1 saturated heterocycles. The van der Waals surface area contributed by atoms with E-state index in [0.29, 0.717) is 5.92 Å². The second-order valence-electron chi connectivity index (χ2n) is 9.35. The van der Waals surface area contributed by atoms with Crippen LogP contribution < -0.4 is 0 Å². The zero-order valence-corrected chi connectivity index (χ0v) is 15.7. The lowest BCUT2D eigenvalue weighted by Crippen LogP contribution is -2.60. The minimum Gasteiger partial charge on any atom is -0.462 e. The quantitative estimate of drug-likeness (QED) is 0.580. The van der Waals surface area contributed by atoms with Crippen LogP contribution in [0.5, 0.6) is 0 Å². The molecular weight excluding hydrogens is 304 g/mol. The summed E-state index contributed by atoms with van der Waals surface area (Å²) in [6, 6.07) is 0. The molecule has 3 aliphatic carbocycles. The minimum absolute atomic E-state index is 0.0318. The molecule has 0 N–H and O–H groups in total. The molecule has 6 atom stereocenters. The van der Waals surface area contributed by atoms with Gasteiger partial charge < -0.3 is 14.2 Å². The van der Waals surface area contributed by atoms with E-state index in [9.17, 15) is 4.79 Å². The molecule has 4 nitrogen and oxygen atoms in total. The maximum atomic E-state index is 11.5. The number of carbonyl (C=O) groups is 1. The number of hydrogen-bond acceptors (Lipinski definition) is 4. The highest BCUT2D eigenvalue weighted by atomic mass is 16.6. The van der Waals surface area contributed by atoms with E-state index in [0.717, 1.165) is 25.9 Å². The summed E-state index contributed by atoms with van der Waals surface area (Å²) in [6.07, 6.45) is 9.06. The number of esters is 1. The third-order valence-electron chi connectivity index (χ3n) is 8.07. The molecule has 4 heteroatoms. The van der Waals surface area contributed by atoms with Gasteiger partial charge in [-0.2, -0.15) is 0 Å². The van der Waals surface area contributed by atoms with E-state index in [4.69, 9.17) is 14.2 Å². The minimum atomic E-state index is -0.157. The van der Waals surface area contributed by atoms with Gasteiger partial charge in [-0.25, -0.2) is 0 Å². The first kappa shape index (κ1) is 16.8. The number of rotatable bonds is 3. The number of hydrogen-bond donors (Lipinski definition) is 0. The highest BCUT2D eigenvalue weighted by Crippen LogP contribution is 2.77. The Morgan fingerprint density at radius 2 is 1.92 bits per heavy atom. The van der Waals surface area contributed by atoms with Gasteiger partial charge in [0.15, 0.2) is 0 Å². The normalized spacial score (nSPS) is 52.7. The summed E-state index contributed by atoms with van der Waals surface area (Å²) in [4.78, 5) is 11.5. The largest absolute Gasteiger partial charge is 0.462 e. The first-order chi connectivity index (χ1) is 11.3. The lowest BCUT2D eigenvalue weighted by Gasteiger charge is -2.59. The third kappa shape index (κ3) is 2.02. The Balaban J connectivity index is 1.66. The van der Waals surface area contributed by atoms with Gasteiger partial charge in [-0.3, -0.25) is 4.79 Å². The number of ether oxygens (including phenoxy) is 3.